The Labute approximate surface area is 58.9 Å². The van der Waals surface area contributed by atoms with E-state index in [1.165, 1.54) is 6.08 Å². The first kappa shape index (κ1) is 6.72. The third-order valence-corrected chi connectivity index (χ3v) is 1.22. The van der Waals surface area contributed by atoms with Gasteiger partial charge in [-0.3, -0.25) is 0 Å². The van der Waals surface area contributed by atoms with Crippen molar-refractivity contribution in [3.63, 3.8) is 0 Å². The van der Waals surface area contributed by atoms with Crippen LogP contribution in [0.4, 0.5) is 0 Å². The number of amides is 1. The second kappa shape index (κ2) is 2.46. The van der Waals surface area contributed by atoms with Crippen LogP contribution in [0, 0.1) is 18.4 Å². The Morgan fingerprint density at radius 2 is 2.40 bits per heavy atom. The number of allylic oxidation sites excluding steroid dienone is 2. The molecule has 1 aliphatic heterocycles. The summed E-state index contributed by atoms with van der Waals surface area (Å²) < 4.78 is 0. The van der Waals surface area contributed by atoms with Crippen LogP contribution in [-0.4, -0.2) is 5.91 Å². The first-order valence-corrected chi connectivity index (χ1v) is 2.78. The van der Waals surface area contributed by atoms with Crippen molar-refractivity contribution >= 4 is 5.91 Å². The number of carbonyl (C=O) groups is 1. The lowest BCUT2D eigenvalue weighted by Gasteiger charge is -2.13. The third-order valence-electron chi connectivity index (χ3n) is 1.22. The van der Waals surface area contributed by atoms with Gasteiger partial charge >= 0.3 is 5.91 Å². The van der Waals surface area contributed by atoms with Gasteiger partial charge in [-0.1, -0.05) is 0 Å². The van der Waals surface area contributed by atoms with E-state index in [0.717, 1.165) is 0 Å². The number of hydrogen-bond donors (Lipinski definition) is 1. The highest BCUT2D eigenvalue weighted by Gasteiger charge is 2.15. The van der Waals surface area contributed by atoms with Gasteiger partial charge in [0.05, 0.1) is 6.20 Å². The smallest absolute Gasteiger partial charge is 0.333 e. The highest BCUT2D eigenvalue weighted by atomic mass is 16.2. The molecule has 0 spiro atoms. The third kappa shape index (κ3) is 0.971. The van der Waals surface area contributed by atoms with Crippen molar-refractivity contribution in [2.45, 2.75) is 0 Å². The van der Waals surface area contributed by atoms with E-state index in [0.29, 0.717) is 4.90 Å². The Morgan fingerprint density at radius 3 is 2.90 bits per heavy atom. The molecule has 3 nitrogen and oxygen atoms in total. The molecule has 0 fully saturated rings. The number of nitriles is 1. The van der Waals surface area contributed by atoms with Crippen LogP contribution in [0.3, 0.4) is 0 Å². The summed E-state index contributed by atoms with van der Waals surface area (Å²) in [5, 5.41) is 8.37. The van der Waals surface area contributed by atoms with Gasteiger partial charge in [-0.2, -0.15) is 5.26 Å². The molecule has 0 bridgehead atoms. The van der Waals surface area contributed by atoms with Crippen LogP contribution in [0.2, 0.25) is 0 Å². The lowest BCUT2D eigenvalue weighted by molar-refractivity contribution is -0.708. The molecular weight excluding hydrogens is 128 g/mol. The molecule has 10 heavy (non-hydrogen) atoms. The molecule has 0 aromatic rings. The molecule has 50 valence electrons. The molecule has 1 atom stereocenters. The predicted octanol–water partition coefficient (Wildman–Crippen LogP) is -0.833. The maximum atomic E-state index is 10.9. The molecule has 1 unspecified atom stereocenters. The summed E-state index contributed by atoms with van der Waals surface area (Å²) in [5.74, 6) is -0.273. The zero-order valence-corrected chi connectivity index (χ0v) is 5.29. The first-order valence-electron chi connectivity index (χ1n) is 2.78. The number of rotatable bonds is 0. The van der Waals surface area contributed by atoms with Crippen molar-refractivity contribution < 1.29 is 9.69 Å². The van der Waals surface area contributed by atoms with Crippen molar-refractivity contribution in [3.05, 3.63) is 31.0 Å². The molecule has 0 saturated carbocycles. The Morgan fingerprint density at radius 1 is 1.70 bits per heavy atom. The van der Waals surface area contributed by atoms with E-state index in [4.69, 9.17) is 5.26 Å². The topological polar surface area (TPSA) is 45.3 Å². The van der Waals surface area contributed by atoms with Gasteiger partial charge in [-0.15, -0.1) is 7.05 Å². The maximum absolute atomic E-state index is 10.9. The minimum Gasteiger partial charge on any atom is -0.373 e. The van der Waals surface area contributed by atoms with E-state index in [1.807, 2.05) is 0 Å². The highest BCUT2D eigenvalue weighted by Crippen LogP contribution is 1.93. The quantitative estimate of drug-likeness (QED) is 0.439. The highest BCUT2D eigenvalue weighted by molar-refractivity contribution is 5.92. The molecular formula is C7H6N2O. The molecule has 0 aliphatic carbocycles. The summed E-state index contributed by atoms with van der Waals surface area (Å²) in [6, 6.07) is 1.78. The van der Waals surface area contributed by atoms with E-state index in [-0.39, 0.29) is 11.5 Å². The van der Waals surface area contributed by atoms with Gasteiger partial charge in [-0.25, -0.2) is 4.79 Å². The van der Waals surface area contributed by atoms with E-state index >= 15 is 0 Å². The zero-order chi connectivity index (χ0) is 7.56. The Balaban J connectivity index is 2.95. The fourth-order valence-electron chi connectivity index (χ4n) is 0.673. The average molecular weight is 134 g/mol. The lowest BCUT2D eigenvalue weighted by atomic mass is 10.2. The van der Waals surface area contributed by atoms with Crippen molar-refractivity contribution in [1.82, 2.24) is 0 Å². The number of nitrogens with one attached hydrogen (secondary N) is 1. The number of quaternary nitrogens is 1. The SMILES string of the molecule is [CH2-][NH+]1C=CC=C(C#N)C1=O. The molecule has 0 aromatic carbocycles. The average Bonchev–Trinajstić information content (AvgIpc) is 1.95. The number of hydrogen-bond acceptors (Lipinski definition) is 2. The zero-order valence-electron chi connectivity index (χ0n) is 5.29. The number of nitrogens with zero attached hydrogens (tertiary/aromatic N) is 1. The summed E-state index contributed by atoms with van der Waals surface area (Å²) in [6.45, 7) is 0. The minimum atomic E-state index is -0.273. The molecule has 0 aromatic heterocycles. The maximum Gasteiger partial charge on any atom is 0.333 e. The van der Waals surface area contributed by atoms with Crippen LogP contribution in [0.1, 0.15) is 0 Å². The second-order valence-electron chi connectivity index (χ2n) is 1.91. The monoisotopic (exact) mass is 134 g/mol. The predicted molar refractivity (Wildman–Crippen MR) is 34.2 cm³/mol. The Kier molecular flexibility index (Phi) is 1.65. The van der Waals surface area contributed by atoms with Crippen molar-refractivity contribution in [1.29, 1.82) is 5.26 Å². The normalized spacial score (nSPS) is 23.8. The van der Waals surface area contributed by atoms with Crippen LogP contribution in [0.15, 0.2) is 23.9 Å². The van der Waals surface area contributed by atoms with Crippen LogP contribution in [0.5, 0.6) is 0 Å². The van der Waals surface area contributed by atoms with Gasteiger partial charge in [0.1, 0.15) is 6.07 Å². The van der Waals surface area contributed by atoms with E-state index < -0.39 is 0 Å². The molecule has 1 N–H and O–H groups in total. The molecule has 1 aliphatic rings. The fraction of sp³-hybridized carbons (Fsp3) is 0. The summed E-state index contributed by atoms with van der Waals surface area (Å²) >= 11 is 0. The van der Waals surface area contributed by atoms with Crippen LogP contribution in [-0.2, 0) is 4.79 Å². The molecule has 1 rings (SSSR count). The number of carbonyl (C=O) groups excluding carboxylic acids is 1. The first-order chi connectivity index (χ1) is 4.75. The van der Waals surface area contributed by atoms with Gasteiger partial charge in [-0.05, 0) is 12.2 Å². The summed E-state index contributed by atoms with van der Waals surface area (Å²) in [6.07, 6.45) is 4.71. The minimum absolute atomic E-state index is 0.160. The van der Waals surface area contributed by atoms with E-state index in [9.17, 15) is 4.79 Å². The van der Waals surface area contributed by atoms with Gasteiger partial charge < -0.3 is 4.90 Å². The van der Waals surface area contributed by atoms with Crippen molar-refractivity contribution in [2.75, 3.05) is 0 Å². The summed E-state index contributed by atoms with van der Waals surface area (Å²) in [7, 11) is 3.47. The van der Waals surface area contributed by atoms with Gasteiger partial charge in [0.25, 0.3) is 0 Å². The van der Waals surface area contributed by atoms with Crippen LogP contribution >= 0.6 is 0 Å². The largest absolute Gasteiger partial charge is 0.373 e. The second-order valence-corrected chi connectivity index (χ2v) is 1.91. The van der Waals surface area contributed by atoms with Gasteiger partial charge in [0.15, 0.2) is 5.57 Å². The Bertz CT molecular complexity index is 257. The van der Waals surface area contributed by atoms with E-state index in [2.05, 4.69) is 7.05 Å². The molecule has 1 amide bonds. The lowest BCUT2D eigenvalue weighted by Crippen LogP contribution is -3.05. The molecule has 3 heteroatoms. The molecule has 0 radical (unpaired) electrons. The summed E-state index contributed by atoms with van der Waals surface area (Å²) in [4.78, 5) is 11.3. The fourth-order valence-corrected chi connectivity index (χ4v) is 0.673. The van der Waals surface area contributed by atoms with Crippen molar-refractivity contribution in [2.24, 2.45) is 0 Å². The standard InChI is InChI=1S/C7H6N2O/c1-9-4-2-3-6(5-8)7(9)10/h2-4,9H,1H2. The van der Waals surface area contributed by atoms with Crippen LogP contribution < -0.4 is 4.90 Å². The van der Waals surface area contributed by atoms with Gasteiger partial charge in [0.2, 0.25) is 0 Å². The Hall–Kier alpha value is -1.40. The van der Waals surface area contributed by atoms with Crippen molar-refractivity contribution in [3.8, 4) is 6.07 Å². The summed E-state index contributed by atoms with van der Waals surface area (Å²) in [5.41, 5.74) is 0.160. The molecule has 1 heterocycles. The molecule has 0 saturated heterocycles. The van der Waals surface area contributed by atoms with Gasteiger partial charge in [0, 0.05) is 0 Å². The van der Waals surface area contributed by atoms with Crippen LogP contribution in [0.25, 0.3) is 0 Å². The van der Waals surface area contributed by atoms with E-state index in [1.54, 1.807) is 18.3 Å².